The Labute approximate surface area is 114 Å². The van der Waals surface area contributed by atoms with Crippen molar-refractivity contribution >= 4 is 21.9 Å². The van der Waals surface area contributed by atoms with Gasteiger partial charge in [-0.2, -0.15) is 0 Å². The highest BCUT2D eigenvalue weighted by Gasteiger charge is 2.37. The molecule has 1 aromatic carbocycles. The normalized spacial score (nSPS) is 18.3. The molecule has 1 unspecified atom stereocenters. The SMILES string of the molecule is CCC(c1cc(Br)ccc1O)N1CC(C(=O)O)C1. The molecule has 1 aromatic rings. The lowest BCUT2D eigenvalue weighted by molar-refractivity contribution is -0.148. The predicted octanol–water partition coefficient (Wildman–Crippen LogP) is 2.62. The third kappa shape index (κ3) is 2.52. The Morgan fingerprint density at radius 3 is 2.78 bits per heavy atom. The molecule has 0 amide bonds. The van der Waals surface area contributed by atoms with Crippen LogP contribution in [0.15, 0.2) is 22.7 Å². The highest BCUT2D eigenvalue weighted by Crippen LogP contribution is 2.36. The molecule has 0 bridgehead atoms. The zero-order valence-corrected chi connectivity index (χ0v) is 11.7. The van der Waals surface area contributed by atoms with Gasteiger partial charge in [0.05, 0.1) is 5.92 Å². The van der Waals surface area contributed by atoms with Crippen molar-refractivity contribution in [3.63, 3.8) is 0 Å². The number of rotatable bonds is 4. The largest absolute Gasteiger partial charge is 0.508 e. The standard InChI is InChI=1S/C13H16BrNO3/c1-2-11(15-6-8(7-15)13(17)18)10-5-9(14)3-4-12(10)16/h3-5,8,11,16H,2,6-7H2,1H3,(H,17,18). The molecule has 0 saturated carbocycles. The average molecular weight is 314 g/mol. The molecule has 1 heterocycles. The Kier molecular flexibility index (Phi) is 3.92. The molecule has 5 heteroatoms. The molecular weight excluding hydrogens is 298 g/mol. The molecule has 1 aliphatic heterocycles. The van der Waals surface area contributed by atoms with E-state index in [9.17, 15) is 9.90 Å². The summed E-state index contributed by atoms with van der Waals surface area (Å²) in [5, 5.41) is 18.8. The second kappa shape index (κ2) is 5.28. The van der Waals surface area contributed by atoms with E-state index < -0.39 is 5.97 Å². The van der Waals surface area contributed by atoms with Gasteiger partial charge in [-0.15, -0.1) is 0 Å². The zero-order valence-electron chi connectivity index (χ0n) is 10.1. The zero-order chi connectivity index (χ0) is 13.3. The summed E-state index contributed by atoms with van der Waals surface area (Å²) in [5.41, 5.74) is 0.857. The van der Waals surface area contributed by atoms with Gasteiger partial charge in [0, 0.05) is 29.2 Å². The average Bonchev–Trinajstić information content (AvgIpc) is 2.26. The van der Waals surface area contributed by atoms with Crippen molar-refractivity contribution in [3.05, 3.63) is 28.2 Å². The summed E-state index contributed by atoms with van der Waals surface area (Å²) in [5.74, 6) is -0.739. The Morgan fingerprint density at radius 2 is 2.22 bits per heavy atom. The highest BCUT2D eigenvalue weighted by atomic mass is 79.9. The number of nitrogens with zero attached hydrogens (tertiary/aromatic N) is 1. The first kappa shape index (κ1) is 13.4. The summed E-state index contributed by atoms with van der Waals surface area (Å²) in [7, 11) is 0. The van der Waals surface area contributed by atoms with Crippen molar-refractivity contribution in [2.45, 2.75) is 19.4 Å². The first-order valence-electron chi connectivity index (χ1n) is 5.98. The van der Waals surface area contributed by atoms with E-state index >= 15 is 0 Å². The maximum atomic E-state index is 10.8. The molecule has 2 N–H and O–H groups in total. The molecule has 4 nitrogen and oxygen atoms in total. The Morgan fingerprint density at radius 1 is 1.56 bits per heavy atom. The van der Waals surface area contributed by atoms with Crippen LogP contribution in [-0.2, 0) is 4.79 Å². The molecule has 2 rings (SSSR count). The Hall–Kier alpha value is -1.07. The fraction of sp³-hybridized carbons (Fsp3) is 0.462. The second-order valence-electron chi connectivity index (χ2n) is 4.62. The molecule has 1 atom stereocenters. The van der Waals surface area contributed by atoms with Crippen LogP contribution < -0.4 is 0 Å². The molecule has 0 aliphatic carbocycles. The van der Waals surface area contributed by atoms with E-state index in [0.717, 1.165) is 16.5 Å². The van der Waals surface area contributed by atoms with E-state index in [1.54, 1.807) is 12.1 Å². The van der Waals surface area contributed by atoms with E-state index in [4.69, 9.17) is 5.11 Å². The number of phenols is 1. The number of likely N-dealkylation sites (tertiary alicyclic amines) is 1. The number of aliphatic carboxylic acids is 1. The number of hydrogen-bond acceptors (Lipinski definition) is 3. The first-order valence-corrected chi connectivity index (χ1v) is 6.77. The molecular formula is C13H16BrNO3. The molecule has 0 radical (unpaired) electrons. The van der Waals surface area contributed by atoms with Gasteiger partial charge in [0.25, 0.3) is 0 Å². The number of carboxylic acids is 1. The molecule has 0 spiro atoms. The van der Waals surface area contributed by atoms with Crippen LogP contribution >= 0.6 is 15.9 Å². The quantitative estimate of drug-likeness (QED) is 0.897. The minimum atomic E-state index is -0.737. The molecule has 0 aromatic heterocycles. The van der Waals surface area contributed by atoms with Gasteiger partial charge in [-0.05, 0) is 24.6 Å². The van der Waals surface area contributed by atoms with Crippen LogP contribution in [0.3, 0.4) is 0 Å². The van der Waals surface area contributed by atoms with Crippen LogP contribution in [0.25, 0.3) is 0 Å². The Balaban J connectivity index is 2.15. The molecule has 18 heavy (non-hydrogen) atoms. The number of hydrogen-bond donors (Lipinski definition) is 2. The molecule has 1 fully saturated rings. The number of carbonyl (C=O) groups is 1. The smallest absolute Gasteiger partial charge is 0.309 e. The minimum Gasteiger partial charge on any atom is -0.508 e. The van der Waals surface area contributed by atoms with Crippen molar-refractivity contribution in [2.75, 3.05) is 13.1 Å². The minimum absolute atomic E-state index is 0.0816. The summed E-state index contributed by atoms with van der Waals surface area (Å²) in [6.45, 7) is 3.15. The van der Waals surface area contributed by atoms with Gasteiger partial charge in [0.1, 0.15) is 5.75 Å². The number of phenolic OH excluding ortho intramolecular Hbond substituents is 1. The van der Waals surface area contributed by atoms with Gasteiger partial charge in [0.2, 0.25) is 0 Å². The monoisotopic (exact) mass is 313 g/mol. The van der Waals surface area contributed by atoms with E-state index in [-0.39, 0.29) is 17.7 Å². The maximum absolute atomic E-state index is 10.8. The summed E-state index contributed by atoms with van der Waals surface area (Å²) >= 11 is 3.39. The second-order valence-corrected chi connectivity index (χ2v) is 5.53. The number of aromatic hydroxyl groups is 1. The van der Waals surface area contributed by atoms with Crippen molar-refractivity contribution in [1.82, 2.24) is 4.90 Å². The van der Waals surface area contributed by atoms with Crippen molar-refractivity contribution in [1.29, 1.82) is 0 Å². The lowest BCUT2D eigenvalue weighted by Crippen LogP contribution is -2.51. The summed E-state index contributed by atoms with van der Waals surface area (Å²) in [6.07, 6.45) is 0.844. The van der Waals surface area contributed by atoms with E-state index in [1.807, 2.05) is 13.0 Å². The lowest BCUT2D eigenvalue weighted by atomic mass is 9.93. The topological polar surface area (TPSA) is 60.8 Å². The van der Waals surface area contributed by atoms with Gasteiger partial charge >= 0.3 is 5.97 Å². The van der Waals surface area contributed by atoms with Gasteiger partial charge in [-0.25, -0.2) is 0 Å². The van der Waals surface area contributed by atoms with Crippen LogP contribution in [0.4, 0.5) is 0 Å². The summed E-state index contributed by atoms with van der Waals surface area (Å²) in [6, 6.07) is 5.44. The predicted molar refractivity (Wildman–Crippen MR) is 71.5 cm³/mol. The van der Waals surface area contributed by atoms with Crippen LogP contribution in [0.5, 0.6) is 5.75 Å². The number of benzene rings is 1. The van der Waals surface area contributed by atoms with Crippen molar-refractivity contribution < 1.29 is 15.0 Å². The van der Waals surface area contributed by atoms with Gasteiger partial charge in [-0.1, -0.05) is 22.9 Å². The van der Waals surface area contributed by atoms with Gasteiger partial charge < -0.3 is 10.2 Å². The van der Waals surface area contributed by atoms with Crippen LogP contribution in [0.1, 0.15) is 24.9 Å². The van der Waals surface area contributed by atoms with E-state index in [2.05, 4.69) is 20.8 Å². The number of halogens is 1. The maximum Gasteiger partial charge on any atom is 0.309 e. The first-order chi connectivity index (χ1) is 8.52. The van der Waals surface area contributed by atoms with Crippen LogP contribution in [0.2, 0.25) is 0 Å². The third-order valence-electron chi connectivity index (χ3n) is 3.44. The summed E-state index contributed by atoms with van der Waals surface area (Å²) < 4.78 is 0.920. The van der Waals surface area contributed by atoms with E-state index in [1.165, 1.54) is 0 Å². The van der Waals surface area contributed by atoms with Crippen molar-refractivity contribution in [2.24, 2.45) is 5.92 Å². The fourth-order valence-electron chi connectivity index (χ4n) is 2.39. The highest BCUT2D eigenvalue weighted by molar-refractivity contribution is 9.10. The Bertz CT molecular complexity index is 458. The number of carboxylic acid groups (broad SMARTS) is 1. The van der Waals surface area contributed by atoms with Gasteiger partial charge in [-0.3, -0.25) is 9.69 Å². The third-order valence-corrected chi connectivity index (χ3v) is 3.93. The summed E-state index contributed by atoms with van der Waals surface area (Å²) in [4.78, 5) is 12.9. The van der Waals surface area contributed by atoms with Gasteiger partial charge in [0.15, 0.2) is 0 Å². The molecule has 98 valence electrons. The molecule has 1 saturated heterocycles. The van der Waals surface area contributed by atoms with E-state index in [0.29, 0.717) is 13.1 Å². The van der Waals surface area contributed by atoms with Crippen molar-refractivity contribution in [3.8, 4) is 5.75 Å². The van der Waals surface area contributed by atoms with Crippen LogP contribution in [-0.4, -0.2) is 34.2 Å². The fourth-order valence-corrected chi connectivity index (χ4v) is 2.77. The lowest BCUT2D eigenvalue weighted by Gasteiger charge is -2.42. The molecule has 1 aliphatic rings. The van der Waals surface area contributed by atoms with Crippen LogP contribution in [0, 0.1) is 5.92 Å².